The van der Waals surface area contributed by atoms with Gasteiger partial charge in [-0.25, -0.2) is 0 Å². The molecule has 2 rings (SSSR count). The van der Waals surface area contributed by atoms with Crippen LogP contribution in [-0.4, -0.2) is 45.2 Å². The first-order chi connectivity index (χ1) is 13.1. The highest BCUT2D eigenvalue weighted by Gasteiger charge is 2.05. The van der Waals surface area contributed by atoms with Crippen LogP contribution in [0.1, 0.15) is 17.3 Å². The zero-order chi connectivity index (χ0) is 19.5. The van der Waals surface area contributed by atoms with Crippen LogP contribution >= 0.6 is 0 Å². The first-order valence-corrected chi connectivity index (χ1v) is 8.79. The highest BCUT2D eigenvalue weighted by atomic mass is 16.5. The van der Waals surface area contributed by atoms with Crippen LogP contribution < -0.4 is 20.7 Å². The minimum absolute atomic E-state index is 0.117. The summed E-state index contributed by atoms with van der Waals surface area (Å²) in [5, 5.41) is 8.39. The van der Waals surface area contributed by atoms with E-state index in [9.17, 15) is 9.59 Å². The van der Waals surface area contributed by atoms with Gasteiger partial charge >= 0.3 is 0 Å². The number of benzene rings is 2. The number of carbonyl (C=O) groups excluding carboxylic acids is 2. The molecule has 0 fully saturated rings. The van der Waals surface area contributed by atoms with Crippen molar-refractivity contribution in [2.45, 2.75) is 6.92 Å². The van der Waals surface area contributed by atoms with Crippen LogP contribution in [0.2, 0.25) is 0 Å². The second kappa shape index (κ2) is 10.8. The Morgan fingerprint density at radius 2 is 1.59 bits per heavy atom. The number of hydrogen-bond acceptors (Lipinski definition) is 5. The van der Waals surface area contributed by atoms with Crippen molar-refractivity contribution >= 4 is 23.2 Å². The lowest BCUT2D eigenvalue weighted by molar-refractivity contribution is -0.114. The SMILES string of the molecule is CCOCCOc1ccc(NC(=O)CNc2ccc(C(=O)NC)cc2)cc1. The average Bonchev–Trinajstić information content (AvgIpc) is 2.70. The maximum absolute atomic E-state index is 12.1. The van der Waals surface area contributed by atoms with Crippen molar-refractivity contribution in [2.75, 3.05) is 44.0 Å². The van der Waals surface area contributed by atoms with Crippen LogP contribution in [0.25, 0.3) is 0 Å². The maximum Gasteiger partial charge on any atom is 0.251 e. The topological polar surface area (TPSA) is 88.7 Å². The first-order valence-electron chi connectivity index (χ1n) is 8.79. The predicted octanol–water partition coefficient (Wildman–Crippen LogP) is 2.51. The summed E-state index contributed by atoms with van der Waals surface area (Å²) in [5.74, 6) is 0.405. The Kier molecular flexibility index (Phi) is 8.12. The Bertz CT molecular complexity index is 730. The smallest absolute Gasteiger partial charge is 0.251 e. The van der Waals surface area contributed by atoms with Gasteiger partial charge in [0, 0.05) is 30.6 Å². The normalized spacial score (nSPS) is 10.1. The zero-order valence-corrected chi connectivity index (χ0v) is 15.6. The van der Waals surface area contributed by atoms with E-state index < -0.39 is 0 Å². The van der Waals surface area contributed by atoms with E-state index in [0.29, 0.717) is 31.1 Å². The van der Waals surface area contributed by atoms with Crippen LogP contribution in [-0.2, 0) is 9.53 Å². The summed E-state index contributed by atoms with van der Waals surface area (Å²) >= 11 is 0. The maximum atomic E-state index is 12.1. The lowest BCUT2D eigenvalue weighted by Gasteiger charge is -2.10. The van der Waals surface area contributed by atoms with Gasteiger partial charge in [-0.3, -0.25) is 9.59 Å². The molecule has 0 aliphatic rings. The van der Waals surface area contributed by atoms with Gasteiger partial charge in [0.1, 0.15) is 12.4 Å². The van der Waals surface area contributed by atoms with Crippen molar-refractivity contribution < 1.29 is 19.1 Å². The fraction of sp³-hybridized carbons (Fsp3) is 0.300. The molecule has 0 bridgehead atoms. The molecule has 7 heteroatoms. The number of carbonyl (C=O) groups is 2. The van der Waals surface area contributed by atoms with E-state index in [-0.39, 0.29) is 18.4 Å². The molecule has 0 aromatic heterocycles. The van der Waals surface area contributed by atoms with Gasteiger partial charge in [0.2, 0.25) is 5.91 Å². The van der Waals surface area contributed by atoms with Gasteiger partial charge in [0.25, 0.3) is 5.91 Å². The quantitative estimate of drug-likeness (QED) is 0.559. The van der Waals surface area contributed by atoms with E-state index in [1.54, 1.807) is 55.6 Å². The molecule has 7 nitrogen and oxygen atoms in total. The Labute approximate surface area is 159 Å². The number of hydrogen-bond donors (Lipinski definition) is 3. The third-order valence-electron chi connectivity index (χ3n) is 3.67. The van der Waals surface area contributed by atoms with Gasteiger partial charge in [-0.15, -0.1) is 0 Å². The summed E-state index contributed by atoms with van der Waals surface area (Å²) in [7, 11) is 1.58. The van der Waals surface area contributed by atoms with E-state index in [1.807, 2.05) is 6.92 Å². The molecule has 27 heavy (non-hydrogen) atoms. The molecule has 0 saturated heterocycles. The highest BCUT2D eigenvalue weighted by Crippen LogP contribution is 2.16. The highest BCUT2D eigenvalue weighted by molar-refractivity contribution is 5.95. The molecule has 144 valence electrons. The van der Waals surface area contributed by atoms with Crippen molar-refractivity contribution in [1.29, 1.82) is 0 Å². The van der Waals surface area contributed by atoms with E-state index in [2.05, 4.69) is 16.0 Å². The van der Waals surface area contributed by atoms with Crippen molar-refractivity contribution in [1.82, 2.24) is 5.32 Å². The van der Waals surface area contributed by atoms with Crippen molar-refractivity contribution in [3.8, 4) is 5.75 Å². The Morgan fingerprint density at radius 3 is 2.22 bits per heavy atom. The monoisotopic (exact) mass is 371 g/mol. The number of rotatable bonds is 10. The largest absolute Gasteiger partial charge is 0.491 e. The molecular formula is C20H25N3O4. The number of amides is 2. The van der Waals surface area contributed by atoms with E-state index >= 15 is 0 Å². The van der Waals surface area contributed by atoms with Gasteiger partial charge in [-0.2, -0.15) is 0 Å². The Morgan fingerprint density at radius 1 is 0.926 bits per heavy atom. The second-order valence-electron chi connectivity index (χ2n) is 5.63. The molecule has 2 aromatic carbocycles. The molecule has 3 N–H and O–H groups in total. The molecule has 0 spiro atoms. The number of anilines is 2. The summed E-state index contributed by atoms with van der Waals surface area (Å²) in [6.45, 7) is 3.76. The van der Waals surface area contributed by atoms with Crippen LogP contribution in [0.5, 0.6) is 5.75 Å². The Balaban J connectivity index is 1.76. The van der Waals surface area contributed by atoms with Gasteiger partial charge < -0.3 is 25.4 Å². The fourth-order valence-corrected chi connectivity index (χ4v) is 2.27. The van der Waals surface area contributed by atoms with E-state index in [0.717, 1.165) is 11.4 Å². The second-order valence-corrected chi connectivity index (χ2v) is 5.63. The summed E-state index contributed by atoms with van der Waals surface area (Å²) < 4.78 is 10.7. The molecular weight excluding hydrogens is 346 g/mol. The van der Waals surface area contributed by atoms with Gasteiger partial charge in [0.05, 0.1) is 13.2 Å². The lowest BCUT2D eigenvalue weighted by atomic mass is 10.2. The molecule has 0 aliphatic heterocycles. The predicted molar refractivity (Wildman–Crippen MR) is 105 cm³/mol. The van der Waals surface area contributed by atoms with Crippen LogP contribution in [0.4, 0.5) is 11.4 Å². The van der Waals surface area contributed by atoms with Gasteiger partial charge in [-0.1, -0.05) is 0 Å². The summed E-state index contributed by atoms with van der Waals surface area (Å²) in [6.07, 6.45) is 0. The average molecular weight is 371 g/mol. The van der Waals surface area contributed by atoms with Crippen LogP contribution in [0.3, 0.4) is 0 Å². The minimum atomic E-state index is -0.171. The molecule has 0 unspecified atom stereocenters. The van der Waals surface area contributed by atoms with Crippen LogP contribution in [0, 0.1) is 0 Å². The first kappa shape index (κ1) is 20.3. The molecule has 0 radical (unpaired) electrons. The lowest BCUT2D eigenvalue weighted by Crippen LogP contribution is -2.22. The molecule has 0 atom stereocenters. The van der Waals surface area contributed by atoms with Crippen molar-refractivity contribution in [3.63, 3.8) is 0 Å². The molecule has 0 heterocycles. The Hall–Kier alpha value is -3.06. The molecule has 0 saturated carbocycles. The summed E-state index contributed by atoms with van der Waals surface area (Å²) in [5.41, 5.74) is 2.01. The van der Waals surface area contributed by atoms with Crippen LogP contribution in [0.15, 0.2) is 48.5 Å². The van der Waals surface area contributed by atoms with Crippen molar-refractivity contribution in [3.05, 3.63) is 54.1 Å². The summed E-state index contributed by atoms with van der Waals surface area (Å²) in [6, 6.07) is 14.1. The number of nitrogens with one attached hydrogen (secondary N) is 3. The molecule has 0 aliphatic carbocycles. The number of ether oxygens (including phenoxy) is 2. The van der Waals surface area contributed by atoms with E-state index in [4.69, 9.17) is 9.47 Å². The van der Waals surface area contributed by atoms with Gasteiger partial charge in [-0.05, 0) is 55.5 Å². The van der Waals surface area contributed by atoms with E-state index in [1.165, 1.54) is 0 Å². The molecule has 2 amide bonds. The minimum Gasteiger partial charge on any atom is -0.491 e. The van der Waals surface area contributed by atoms with Crippen molar-refractivity contribution in [2.24, 2.45) is 0 Å². The standard InChI is InChI=1S/C20H25N3O4/c1-3-26-12-13-27-18-10-8-17(9-11-18)23-19(24)14-22-16-6-4-15(5-7-16)20(25)21-2/h4-11,22H,3,12-14H2,1-2H3,(H,21,25)(H,23,24). The van der Waals surface area contributed by atoms with Gasteiger partial charge in [0.15, 0.2) is 0 Å². The third kappa shape index (κ3) is 6.99. The fourth-order valence-electron chi connectivity index (χ4n) is 2.27. The molecule has 2 aromatic rings. The summed E-state index contributed by atoms with van der Waals surface area (Å²) in [4.78, 5) is 23.5. The third-order valence-corrected chi connectivity index (χ3v) is 3.67. The zero-order valence-electron chi connectivity index (χ0n) is 15.6.